The minimum Gasteiger partial charge on any atom is -0.385 e. The first-order valence-corrected chi connectivity index (χ1v) is 10.8. The number of nitrogens with one attached hydrogen (secondary N) is 2. The highest BCUT2D eigenvalue weighted by molar-refractivity contribution is 5.80. The van der Waals surface area contributed by atoms with Gasteiger partial charge in [0.25, 0.3) is 0 Å². The van der Waals surface area contributed by atoms with E-state index in [1.54, 1.807) is 7.11 Å². The second-order valence-corrected chi connectivity index (χ2v) is 8.20. The SMILES string of the molecule is COCCCNC(=NCc1nnc(C)n1C)NC1CCN(CC2CCCC2)C1. The summed E-state index contributed by atoms with van der Waals surface area (Å²) in [5.41, 5.74) is 0. The van der Waals surface area contributed by atoms with Gasteiger partial charge in [-0.15, -0.1) is 10.2 Å². The number of methoxy groups -OCH3 is 1. The number of aromatic nitrogens is 3. The zero-order valence-corrected chi connectivity index (χ0v) is 17.8. The summed E-state index contributed by atoms with van der Waals surface area (Å²) in [6.07, 6.45) is 7.81. The maximum Gasteiger partial charge on any atom is 0.191 e. The van der Waals surface area contributed by atoms with Gasteiger partial charge in [-0.1, -0.05) is 12.8 Å². The highest BCUT2D eigenvalue weighted by atomic mass is 16.5. The molecule has 28 heavy (non-hydrogen) atoms. The van der Waals surface area contributed by atoms with Gasteiger partial charge in [0.15, 0.2) is 11.8 Å². The van der Waals surface area contributed by atoms with Crippen LogP contribution in [0.4, 0.5) is 0 Å². The fourth-order valence-electron chi connectivity index (χ4n) is 4.18. The molecule has 2 fully saturated rings. The van der Waals surface area contributed by atoms with Crippen molar-refractivity contribution in [2.24, 2.45) is 18.0 Å². The van der Waals surface area contributed by atoms with Crippen LogP contribution in [0.25, 0.3) is 0 Å². The van der Waals surface area contributed by atoms with Crippen molar-refractivity contribution in [3.63, 3.8) is 0 Å². The van der Waals surface area contributed by atoms with Crippen LogP contribution < -0.4 is 10.6 Å². The van der Waals surface area contributed by atoms with Crippen molar-refractivity contribution in [2.75, 3.05) is 39.9 Å². The van der Waals surface area contributed by atoms with Gasteiger partial charge in [0.05, 0.1) is 0 Å². The van der Waals surface area contributed by atoms with Crippen LogP contribution in [-0.2, 0) is 18.3 Å². The van der Waals surface area contributed by atoms with Crippen LogP contribution in [0.3, 0.4) is 0 Å². The van der Waals surface area contributed by atoms with Crippen molar-refractivity contribution in [1.82, 2.24) is 30.3 Å². The quantitative estimate of drug-likeness (QED) is 0.377. The lowest BCUT2D eigenvalue weighted by molar-refractivity contribution is 0.195. The summed E-state index contributed by atoms with van der Waals surface area (Å²) >= 11 is 0. The predicted octanol–water partition coefficient (Wildman–Crippen LogP) is 1.46. The second kappa shape index (κ2) is 10.8. The maximum absolute atomic E-state index is 5.15. The van der Waals surface area contributed by atoms with Crippen LogP contribution in [0, 0.1) is 12.8 Å². The molecule has 158 valence electrons. The van der Waals surface area contributed by atoms with Crippen molar-refractivity contribution < 1.29 is 4.74 Å². The van der Waals surface area contributed by atoms with Gasteiger partial charge in [0, 0.05) is 53.0 Å². The molecule has 2 aliphatic rings. The molecule has 0 aromatic carbocycles. The fourth-order valence-corrected chi connectivity index (χ4v) is 4.18. The molecule has 1 aliphatic carbocycles. The molecule has 1 saturated heterocycles. The van der Waals surface area contributed by atoms with Gasteiger partial charge in [-0.25, -0.2) is 4.99 Å². The number of likely N-dealkylation sites (tertiary alicyclic amines) is 1. The number of ether oxygens (including phenoxy) is 1. The number of aliphatic imine (C=N–C) groups is 1. The molecule has 1 atom stereocenters. The van der Waals surface area contributed by atoms with Crippen LogP contribution in [0.15, 0.2) is 4.99 Å². The van der Waals surface area contributed by atoms with Gasteiger partial charge in [0.2, 0.25) is 0 Å². The average Bonchev–Trinajstić information content (AvgIpc) is 3.42. The van der Waals surface area contributed by atoms with E-state index in [-0.39, 0.29) is 0 Å². The predicted molar refractivity (Wildman–Crippen MR) is 111 cm³/mol. The summed E-state index contributed by atoms with van der Waals surface area (Å²) in [6, 6.07) is 0.455. The molecule has 2 N–H and O–H groups in total. The van der Waals surface area contributed by atoms with E-state index in [1.807, 2.05) is 18.5 Å². The molecule has 1 aromatic rings. The summed E-state index contributed by atoms with van der Waals surface area (Å²) in [7, 11) is 3.72. The standard InChI is InChI=1S/C20H37N7O/c1-16-24-25-19(26(16)2)13-22-20(21-10-6-12-28-3)23-18-9-11-27(15-18)14-17-7-4-5-8-17/h17-18H,4-15H2,1-3H3,(H2,21,22,23). The molecule has 8 nitrogen and oxygen atoms in total. The van der Waals surface area contributed by atoms with Gasteiger partial charge < -0.3 is 24.8 Å². The second-order valence-electron chi connectivity index (χ2n) is 8.20. The van der Waals surface area contributed by atoms with Crippen molar-refractivity contribution in [2.45, 2.75) is 58.0 Å². The Morgan fingerprint density at radius 1 is 1.25 bits per heavy atom. The Kier molecular flexibility index (Phi) is 8.09. The Labute approximate surface area is 169 Å². The van der Waals surface area contributed by atoms with E-state index in [4.69, 9.17) is 9.73 Å². The van der Waals surface area contributed by atoms with Gasteiger partial charge in [-0.3, -0.25) is 0 Å². The molecule has 1 saturated carbocycles. The third kappa shape index (κ3) is 6.17. The van der Waals surface area contributed by atoms with Crippen LogP contribution >= 0.6 is 0 Å². The number of guanidine groups is 1. The molecular weight excluding hydrogens is 354 g/mol. The highest BCUT2D eigenvalue weighted by Gasteiger charge is 2.26. The maximum atomic E-state index is 5.15. The highest BCUT2D eigenvalue weighted by Crippen LogP contribution is 2.26. The number of hydrogen-bond donors (Lipinski definition) is 2. The summed E-state index contributed by atoms with van der Waals surface area (Å²) in [4.78, 5) is 7.40. The Balaban J connectivity index is 1.52. The van der Waals surface area contributed by atoms with Crippen LogP contribution in [-0.4, -0.2) is 71.6 Å². The van der Waals surface area contributed by atoms with E-state index < -0.39 is 0 Å². The van der Waals surface area contributed by atoms with E-state index in [0.717, 1.165) is 49.6 Å². The lowest BCUT2D eigenvalue weighted by Gasteiger charge is -2.21. The smallest absolute Gasteiger partial charge is 0.191 e. The van der Waals surface area contributed by atoms with Crippen molar-refractivity contribution in [1.29, 1.82) is 0 Å². The zero-order valence-electron chi connectivity index (χ0n) is 17.8. The number of nitrogens with zero attached hydrogens (tertiary/aromatic N) is 5. The Morgan fingerprint density at radius 3 is 2.79 bits per heavy atom. The van der Waals surface area contributed by atoms with Crippen molar-refractivity contribution in [3.8, 4) is 0 Å². The molecule has 1 aromatic heterocycles. The molecule has 8 heteroatoms. The molecule has 3 rings (SSSR count). The van der Waals surface area contributed by atoms with Crippen LogP contribution in [0.1, 0.15) is 50.2 Å². The first-order valence-electron chi connectivity index (χ1n) is 10.8. The largest absolute Gasteiger partial charge is 0.385 e. The van der Waals surface area contributed by atoms with Crippen LogP contribution in [0.2, 0.25) is 0 Å². The first kappa shape index (κ1) is 21.0. The van der Waals surface area contributed by atoms with Crippen molar-refractivity contribution >= 4 is 5.96 Å². The summed E-state index contributed by atoms with van der Waals surface area (Å²) in [5.74, 6) is 3.57. The molecule has 1 unspecified atom stereocenters. The topological polar surface area (TPSA) is 79.6 Å². The molecular formula is C20H37N7O. The van der Waals surface area contributed by atoms with Gasteiger partial charge >= 0.3 is 0 Å². The lowest BCUT2D eigenvalue weighted by Crippen LogP contribution is -2.45. The van der Waals surface area contributed by atoms with E-state index in [0.29, 0.717) is 12.6 Å². The number of aryl methyl sites for hydroxylation is 1. The van der Waals surface area contributed by atoms with Crippen LogP contribution in [0.5, 0.6) is 0 Å². The number of hydrogen-bond acceptors (Lipinski definition) is 5. The minimum atomic E-state index is 0.455. The third-order valence-electron chi connectivity index (χ3n) is 5.98. The first-order chi connectivity index (χ1) is 13.7. The molecule has 0 bridgehead atoms. The molecule has 0 spiro atoms. The summed E-state index contributed by atoms with van der Waals surface area (Å²) in [5, 5.41) is 15.4. The monoisotopic (exact) mass is 391 g/mol. The van der Waals surface area contributed by atoms with Gasteiger partial charge in [-0.2, -0.15) is 0 Å². The molecule has 0 radical (unpaired) electrons. The summed E-state index contributed by atoms with van der Waals surface area (Å²) < 4.78 is 7.14. The zero-order chi connectivity index (χ0) is 19.8. The van der Waals surface area contributed by atoms with E-state index >= 15 is 0 Å². The van der Waals surface area contributed by atoms with E-state index in [1.165, 1.54) is 45.2 Å². The van der Waals surface area contributed by atoms with Gasteiger partial charge in [0.1, 0.15) is 12.4 Å². The van der Waals surface area contributed by atoms with E-state index in [2.05, 4.69) is 25.7 Å². The third-order valence-corrected chi connectivity index (χ3v) is 5.98. The summed E-state index contributed by atoms with van der Waals surface area (Å²) in [6.45, 7) is 7.64. The number of rotatable bonds is 9. The Bertz CT molecular complexity index is 624. The average molecular weight is 392 g/mol. The Morgan fingerprint density at radius 2 is 2.07 bits per heavy atom. The normalized spacial score (nSPS) is 21.5. The van der Waals surface area contributed by atoms with Gasteiger partial charge in [-0.05, 0) is 38.5 Å². The van der Waals surface area contributed by atoms with Crippen molar-refractivity contribution in [3.05, 3.63) is 11.6 Å². The fraction of sp³-hybridized carbons (Fsp3) is 0.850. The Hall–Kier alpha value is -1.67. The molecule has 0 amide bonds. The molecule has 2 heterocycles. The lowest BCUT2D eigenvalue weighted by atomic mass is 10.1. The minimum absolute atomic E-state index is 0.455. The van der Waals surface area contributed by atoms with E-state index in [9.17, 15) is 0 Å². The molecule has 1 aliphatic heterocycles.